The number of para-hydroxylation sites is 1. The Bertz CT molecular complexity index is 1370. The first kappa shape index (κ1) is 23.2. The number of amides is 1. The van der Waals surface area contributed by atoms with E-state index in [-0.39, 0.29) is 17.0 Å². The van der Waals surface area contributed by atoms with Gasteiger partial charge in [0.1, 0.15) is 0 Å². The highest BCUT2D eigenvalue weighted by Crippen LogP contribution is 2.41. The van der Waals surface area contributed by atoms with E-state index < -0.39 is 33.4 Å². The van der Waals surface area contributed by atoms with Gasteiger partial charge in [0.25, 0.3) is 11.6 Å². The van der Waals surface area contributed by atoms with Crippen LogP contribution in [0.4, 0.5) is 17.1 Å². The number of benzene rings is 3. The first-order valence-electron chi connectivity index (χ1n) is 10.3. The van der Waals surface area contributed by atoms with Crippen molar-refractivity contribution in [3.63, 3.8) is 0 Å². The van der Waals surface area contributed by atoms with E-state index in [1.54, 1.807) is 31.2 Å². The minimum Gasteiger partial charge on any atom is -0.500 e. The van der Waals surface area contributed by atoms with Crippen molar-refractivity contribution in [1.82, 2.24) is 5.01 Å². The molecule has 0 spiro atoms. The predicted octanol–water partition coefficient (Wildman–Crippen LogP) is 4.21. The van der Waals surface area contributed by atoms with Crippen molar-refractivity contribution in [2.75, 3.05) is 12.4 Å². The number of non-ortho nitro benzene ring substituents is 1. The van der Waals surface area contributed by atoms with E-state index in [1.165, 1.54) is 37.4 Å². The summed E-state index contributed by atoms with van der Waals surface area (Å²) in [6.07, 6.45) is -0.987. The normalized spacial score (nSPS) is 15.3. The van der Waals surface area contributed by atoms with Crippen molar-refractivity contribution >= 4 is 28.7 Å². The second kappa shape index (κ2) is 9.09. The number of carbonyl (C=O) groups excluding carboxylic acids is 1. The van der Waals surface area contributed by atoms with Crippen molar-refractivity contribution < 1.29 is 24.5 Å². The molecule has 1 atom stereocenters. The van der Waals surface area contributed by atoms with Crippen LogP contribution in [0.1, 0.15) is 34.6 Å². The highest BCUT2D eigenvalue weighted by atomic mass is 16.6. The average Bonchev–Trinajstić information content (AvgIpc) is 2.85. The van der Waals surface area contributed by atoms with Crippen LogP contribution in [-0.2, 0) is 0 Å². The van der Waals surface area contributed by atoms with E-state index in [2.05, 4.69) is 10.4 Å². The Hall–Kier alpha value is -5.00. The average molecular weight is 477 g/mol. The topological polar surface area (TPSA) is 160 Å². The van der Waals surface area contributed by atoms with Crippen LogP contribution in [0.5, 0.6) is 11.5 Å². The Balaban J connectivity index is 1.84. The van der Waals surface area contributed by atoms with Gasteiger partial charge in [0.05, 0.1) is 28.2 Å². The minimum atomic E-state index is -0.987. The standard InChI is InChI=1S/C23H19N5O7/c1-13(14-7-9-16(10-8-14)27(31)32)25-26-22(24-18-6-4-3-5-17(18)23(26)30)15-11-19(28(33)34)21(29)20(12-15)35-2/h3-12,22,24,29H,1-2H3/b25-13-/t22-/m0/s1. The molecule has 2 N–H and O–H groups in total. The monoisotopic (exact) mass is 477 g/mol. The molecule has 35 heavy (non-hydrogen) atoms. The molecular formula is C23H19N5O7. The highest BCUT2D eigenvalue weighted by molar-refractivity contribution is 6.04. The summed E-state index contributed by atoms with van der Waals surface area (Å²) >= 11 is 0. The number of hydrogen-bond donors (Lipinski definition) is 2. The zero-order valence-corrected chi connectivity index (χ0v) is 18.5. The molecule has 1 amide bonds. The molecule has 12 heteroatoms. The first-order valence-corrected chi connectivity index (χ1v) is 10.3. The lowest BCUT2D eigenvalue weighted by Crippen LogP contribution is -2.40. The molecular weight excluding hydrogens is 458 g/mol. The van der Waals surface area contributed by atoms with E-state index >= 15 is 0 Å². The smallest absolute Gasteiger partial charge is 0.315 e. The Morgan fingerprint density at radius 2 is 1.77 bits per heavy atom. The molecule has 0 saturated heterocycles. The van der Waals surface area contributed by atoms with E-state index in [0.717, 1.165) is 11.1 Å². The molecule has 0 bridgehead atoms. The second-order valence-electron chi connectivity index (χ2n) is 7.58. The lowest BCUT2D eigenvalue weighted by Gasteiger charge is -2.35. The van der Waals surface area contributed by atoms with Gasteiger partial charge in [0.15, 0.2) is 11.9 Å². The van der Waals surface area contributed by atoms with Crippen molar-refractivity contribution in [3.05, 3.63) is 97.6 Å². The lowest BCUT2D eigenvalue weighted by atomic mass is 10.0. The quantitative estimate of drug-likeness (QED) is 0.303. The van der Waals surface area contributed by atoms with Gasteiger partial charge in [0.2, 0.25) is 5.75 Å². The summed E-state index contributed by atoms with van der Waals surface area (Å²) in [5.74, 6) is -1.25. The maximum absolute atomic E-state index is 13.4. The van der Waals surface area contributed by atoms with Crippen molar-refractivity contribution in [3.8, 4) is 11.5 Å². The molecule has 1 heterocycles. The van der Waals surface area contributed by atoms with E-state index in [4.69, 9.17) is 4.74 Å². The molecule has 4 rings (SSSR count). The van der Waals surface area contributed by atoms with Crippen LogP contribution < -0.4 is 10.1 Å². The summed E-state index contributed by atoms with van der Waals surface area (Å²) in [6.45, 7) is 1.63. The predicted molar refractivity (Wildman–Crippen MR) is 126 cm³/mol. The van der Waals surface area contributed by atoms with Crippen LogP contribution in [0.15, 0.2) is 65.8 Å². The van der Waals surface area contributed by atoms with Crippen molar-refractivity contribution in [1.29, 1.82) is 0 Å². The van der Waals surface area contributed by atoms with Gasteiger partial charge in [-0.15, -0.1) is 0 Å². The third kappa shape index (κ3) is 4.31. The summed E-state index contributed by atoms with van der Waals surface area (Å²) in [5.41, 5.74) is 1.31. The van der Waals surface area contributed by atoms with Crippen LogP contribution in [0.3, 0.4) is 0 Å². The second-order valence-corrected chi connectivity index (χ2v) is 7.58. The fourth-order valence-electron chi connectivity index (χ4n) is 3.68. The van der Waals surface area contributed by atoms with Gasteiger partial charge in [-0.25, -0.2) is 5.01 Å². The Labute approximate surface area is 198 Å². The number of fused-ring (bicyclic) bond motifs is 1. The SMILES string of the molecule is COc1cc([C@H]2Nc3ccccc3C(=O)N2/N=C(/C)c2ccc([N+](=O)[O-])cc2)cc([N+](=O)[O-])c1O. The molecule has 1 aliphatic heterocycles. The number of phenolic OH excluding ortho intramolecular Hbond substituents is 1. The zero-order chi connectivity index (χ0) is 25.3. The van der Waals surface area contributed by atoms with Crippen LogP contribution in [0.25, 0.3) is 0 Å². The Morgan fingerprint density at radius 3 is 2.40 bits per heavy atom. The third-order valence-corrected chi connectivity index (χ3v) is 5.47. The molecule has 1 aliphatic rings. The Kier molecular flexibility index (Phi) is 6.02. The summed E-state index contributed by atoms with van der Waals surface area (Å²) in [6, 6.07) is 14.9. The third-order valence-electron chi connectivity index (χ3n) is 5.47. The van der Waals surface area contributed by atoms with E-state index in [9.17, 15) is 30.1 Å². The molecule has 0 saturated carbocycles. The van der Waals surface area contributed by atoms with Gasteiger partial charge in [-0.3, -0.25) is 25.0 Å². The minimum absolute atomic E-state index is 0.0902. The summed E-state index contributed by atoms with van der Waals surface area (Å²) < 4.78 is 5.10. The number of phenols is 1. The fraction of sp³-hybridized carbons (Fsp3) is 0.130. The molecule has 12 nitrogen and oxygen atoms in total. The largest absolute Gasteiger partial charge is 0.500 e. The maximum atomic E-state index is 13.4. The number of nitrogens with zero attached hydrogens (tertiary/aromatic N) is 4. The number of hydrazone groups is 1. The molecule has 178 valence electrons. The van der Waals surface area contributed by atoms with Crippen LogP contribution in [-0.4, -0.2) is 38.7 Å². The number of ether oxygens (including phenoxy) is 1. The number of nitro groups is 2. The number of nitro benzene ring substituents is 2. The molecule has 0 fully saturated rings. The number of rotatable bonds is 6. The molecule has 3 aromatic rings. The fourth-order valence-corrected chi connectivity index (χ4v) is 3.68. The maximum Gasteiger partial charge on any atom is 0.315 e. The summed E-state index contributed by atoms with van der Waals surface area (Å²) in [4.78, 5) is 34.6. The molecule has 0 unspecified atom stereocenters. The van der Waals surface area contributed by atoms with Crippen LogP contribution in [0, 0.1) is 20.2 Å². The van der Waals surface area contributed by atoms with Crippen molar-refractivity contribution in [2.45, 2.75) is 13.1 Å². The van der Waals surface area contributed by atoms with Gasteiger partial charge in [-0.2, -0.15) is 5.10 Å². The first-order chi connectivity index (χ1) is 16.7. The number of anilines is 1. The van der Waals surface area contributed by atoms with Crippen molar-refractivity contribution in [2.24, 2.45) is 5.10 Å². The highest BCUT2D eigenvalue weighted by Gasteiger charge is 2.35. The van der Waals surface area contributed by atoms with Gasteiger partial charge < -0.3 is 15.2 Å². The molecule has 0 radical (unpaired) electrons. The van der Waals surface area contributed by atoms with E-state index in [1.807, 2.05) is 0 Å². The summed E-state index contributed by atoms with van der Waals surface area (Å²) in [5, 5.41) is 41.4. The van der Waals surface area contributed by atoms with Gasteiger partial charge >= 0.3 is 5.69 Å². The summed E-state index contributed by atoms with van der Waals surface area (Å²) in [7, 11) is 1.26. The van der Waals surface area contributed by atoms with Gasteiger partial charge in [-0.05, 0) is 42.8 Å². The van der Waals surface area contributed by atoms with Gasteiger partial charge in [-0.1, -0.05) is 12.1 Å². The van der Waals surface area contributed by atoms with Crippen LogP contribution in [0.2, 0.25) is 0 Å². The number of aromatic hydroxyl groups is 1. The molecule has 0 aliphatic carbocycles. The van der Waals surface area contributed by atoms with Gasteiger partial charge in [0, 0.05) is 29.4 Å². The van der Waals surface area contributed by atoms with E-state index in [0.29, 0.717) is 22.5 Å². The number of methoxy groups -OCH3 is 1. The molecule has 3 aromatic carbocycles. The number of nitrogens with one attached hydrogen (secondary N) is 1. The Morgan fingerprint density at radius 1 is 1.09 bits per heavy atom. The molecule has 0 aromatic heterocycles. The zero-order valence-electron chi connectivity index (χ0n) is 18.5. The number of carbonyl (C=O) groups is 1. The van der Waals surface area contributed by atoms with Crippen LogP contribution >= 0.6 is 0 Å². The number of hydrogen-bond acceptors (Lipinski definition) is 9. The lowest BCUT2D eigenvalue weighted by molar-refractivity contribution is -0.386.